The van der Waals surface area contributed by atoms with Crippen LogP contribution >= 0.6 is 0 Å². The van der Waals surface area contributed by atoms with E-state index in [0.717, 1.165) is 10.8 Å². The second kappa shape index (κ2) is 6.94. The molecule has 0 spiro atoms. The van der Waals surface area contributed by atoms with Crippen LogP contribution in [0.1, 0.15) is 10.4 Å². The van der Waals surface area contributed by atoms with Crippen molar-refractivity contribution >= 4 is 22.4 Å². The van der Waals surface area contributed by atoms with Crippen molar-refractivity contribution in [1.29, 1.82) is 0 Å². The fourth-order valence-electron chi connectivity index (χ4n) is 2.33. The number of hydrogen-bond acceptors (Lipinski definition) is 3. The van der Waals surface area contributed by atoms with Crippen LogP contribution in [0.3, 0.4) is 0 Å². The van der Waals surface area contributed by atoms with E-state index >= 15 is 0 Å². The van der Waals surface area contributed by atoms with Crippen molar-refractivity contribution in [2.75, 3.05) is 18.5 Å². The van der Waals surface area contributed by atoms with Gasteiger partial charge in [0.1, 0.15) is 12.4 Å². The number of anilines is 1. The summed E-state index contributed by atoms with van der Waals surface area (Å²) in [4.78, 5) is 12.3. The Morgan fingerprint density at radius 1 is 0.957 bits per heavy atom. The summed E-state index contributed by atoms with van der Waals surface area (Å²) in [7, 11) is 0. The number of carbonyl (C=O) groups excluding carboxylic acids is 1. The van der Waals surface area contributed by atoms with Crippen molar-refractivity contribution in [2.24, 2.45) is 0 Å². The van der Waals surface area contributed by atoms with Crippen LogP contribution in [0, 0.1) is 0 Å². The van der Waals surface area contributed by atoms with Crippen LogP contribution in [0.25, 0.3) is 10.8 Å². The van der Waals surface area contributed by atoms with E-state index in [0.29, 0.717) is 17.0 Å². The number of nitrogens with one attached hydrogen (secondary N) is 1. The summed E-state index contributed by atoms with van der Waals surface area (Å²) in [6.45, 7) is 0.225. The third-order valence-corrected chi connectivity index (χ3v) is 3.48. The molecular weight excluding hydrogens is 290 g/mol. The Kier molecular flexibility index (Phi) is 4.54. The van der Waals surface area contributed by atoms with Gasteiger partial charge < -0.3 is 15.2 Å². The quantitative estimate of drug-likeness (QED) is 0.759. The minimum Gasteiger partial charge on any atom is -0.491 e. The van der Waals surface area contributed by atoms with E-state index in [2.05, 4.69) is 5.32 Å². The van der Waals surface area contributed by atoms with Gasteiger partial charge in [-0.15, -0.1) is 0 Å². The smallest absolute Gasteiger partial charge is 0.255 e. The molecule has 4 heteroatoms. The van der Waals surface area contributed by atoms with Crippen molar-refractivity contribution in [1.82, 2.24) is 0 Å². The van der Waals surface area contributed by atoms with Crippen LogP contribution < -0.4 is 10.1 Å². The van der Waals surface area contributed by atoms with E-state index in [1.54, 1.807) is 24.3 Å². The van der Waals surface area contributed by atoms with Gasteiger partial charge in [-0.05, 0) is 47.2 Å². The lowest BCUT2D eigenvalue weighted by Crippen LogP contribution is -2.11. The Bertz CT molecular complexity index is 812. The number of aliphatic hydroxyl groups excluding tert-OH is 1. The third-order valence-electron chi connectivity index (χ3n) is 3.48. The summed E-state index contributed by atoms with van der Waals surface area (Å²) in [5, 5.41) is 13.7. The van der Waals surface area contributed by atoms with Gasteiger partial charge in [-0.2, -0.15) is 0 Å². The maximum atomic E-state index is 12.3. The number of benzene rings is 3. The average Bonchev–Trinajstić information content (AvgIpc) is 2.60. The molecule has 0 aromatic heterocycles. The summed E-state index contributed by atoms with van der Waals surface area (Å²) in [5.74, 6) is 0.502. The normalized spacial score (nSPS) is 10.5. The highest BCUT2D eigenvalue weighted by molar-refractivity contribution is 6.06. The molecule has 0 aliphatic carbocycles. The molecule has 0 unspecified atom stereocenters. The van der Waals surface area contributed by atoms with Gasteiger partial charge in [0, 0.05) is 11.3 Å². The van der Waals surface area contributed by atoms with E-state index in [1.165, 1.54) is 0 Å². The van der Waals surface area contributed by atoms with Crippen molar-refractivity contribution in [3.8, 4) is 5.75 Å². The lowest BCUT2D eigenvalue weighted by atomic mass is 10.1. The fourth-order valence-corrected chi connectivity index (χ4v) is 2.33. The molecule has 0 fully saturated rings. The molecule has 116 valence electrons. The van der Waals surface area contributed by atoms with Gasteiger partial charge in [0.25, 0.3) is 5.91 Å². The Labute approximate surface area is 134 Å². The standard InChI is InChI=1S/C19H17NO3/c21-11-12-23-18-9-7-17(8-10-18)20-19(22)16-6-5-14-3-1-2-4-15(14)13-16/h1-10,13,21H,11-12H2,(H,20,22). The number of carbonyl (C=O) groups is 1. The van der Waals surface area contributed by atoms with Crippen LogP contribution in [0.5, 0.6) is 5.75 Å². The van der Waals surface area contributed by atoms with Gasteiger partial charge in [-0.3, -0.25) is 4.79 Å². The van der Waals surface area contributed by atoms with Gasteiger partial charge in [-0.1, -0.05) is 30.3 Å². The molecule has 3 aromatic carbocycles. The summed E-state index contributed by atoms with van der Waals surface area (Å²) in [5.41, 5.74) is 1.31. The first kappa shape index (κ1) is 15.1. The second-order valence-corrected chi connectivity index (χ2v) is 5.11. The molecule has 0 aliphatic heterocycles. The van der Waals surface area contributed by atoms with E-state index < -0.39 is 0 Å². The lowest BCUT2D eigenvalue weighted by molar-refractivity contribution is 0.102. The topological polar surface area (TPSA) is 58.6 Å². The molecule has 0 heterocycles. The highest BCUT2D eigenvalue weighted by Crippen LogP contribution is 2.19. The molecule has 2 N–H and O–H groups in total. The maximum Gasteiger partial charge on any atom is 0.255 e. The summed E-state index contributed by atoms with van der Waals surface area (Å²) in [6.07, 6.45) is 0. The van der Waals surface area contributed by atoms with Gasteiger partial charge in [-0.25, -0.2) is 0 Å². The number of rotatable bonds is 5. The molecule has 0 saturated carbocycles. The second-order valence-electron chi connectivity index (χ2n) is 5.11. The first-order chi connectivity index (χ1) is 11.3. The van der Waals surface area contributed by atoms with Crippen molar-refractivity contribution in [3.05, 3.63) is 72.3 Å². The zero-order valence-electron chi connectivity index (χ0n) is 12.5. The fraction of sp³-hybridized carbons (Fsp3) is 0.105. The number of fused-ring (bicyclic) bond motifs is 1. The van der Waals surface area contributed by atoms with Crippen LogP contribution in [0.4, 0.5) is 5.69 Å². The monoisotopic (exact) mass is 307 g/mol. The molecular formula is C19H17NO3. The molecule has 0 radical (unpaired) electrons. The minimum atomic E-state index is -0.153. The largest absolute Gasteiger partial charge is 0.491 e. The van der Waals surface area contributed by atoms with Gasteiger partial charge in [0.15, 0.2) is 0 Å². The van der Waals surface area contributed by atoms with Crippen LogP contribution in [0.2, 0.25) is 0 Å². The molecule has 23 heavy (non-hydrogen) atoms. The highest BCUT2D eigenvalue weighted by Gasteiger charge is 2.07. The molecule has 0 atom stereocenters. The van der Waals surface area contributed by atoms with Crippen LogP contribution in [0.15, 0.2) is 66.7 Å². The summed E-state index contributed by atoms with van der Waals surface area (Å²) >= 11 is 0. The first-order valence-electron chi connectivity index (χ1n) is 7.40. The Morgan fingerprint density at radius 2 is 1.70 bits per heavy atom. The van der Waals surface area contributed by atoms with E-state index in [9.17, 15) is 4.79 Å². The first-order valence-corrected chi connectivity index (χ1v) is 7.40. The van der Waals surface area contributed by atoms with Crippen molar-refractivity contribution < 1.29 is 14.6 Å². The molecule has 1 amide bonds. The third kappa shape index (κ3) is 3.67. The average molecular weight is 307 g/mol. The van der Waals surface area contributed by atoms with Crippen LogP contribution in [-0.4, -0.2) is 24.2 Å². The van der Waals surface area contributed by atoms with E-state index in [-0.39, 0.29) is 19.1 Å². The summed E-state index contributed by atoms with van der Waals surface area (Å²) < 4.78 is 5.29. The Morgan fingerprint density at radius 3 is 2.43 bits per heavy atom. The highest BCUT2D eigenvalue weighted by atomic mass is 16.5. The Hall–Kier alpha value is -2.85. The molecule has 4 nitrogen and oxygen atoms in total. The van der Waals surface area contributed by atoms with Crippen LogP contribution in [-0.2, 0) is 0 Å². The minimum absolute atomic E-state index is 0.0273. The summed E-state index contributed by atoms with van der Waals surface area (Å²) in [6, 6.07) is 20.6. The zero-order chi connectivity index (χ0) is 16.1. The molecule has 0 saturated heterocycles. The van der Waals surface area contributed by atoms with Gasteiger partial charge in [0.2, 0.25) is 0 Å². The number of hydrogen-bond donors (Lipinski definition) is 2. The predicted octanol–water partition coefficient (Wildman–Crippen LogP) is 3.46. The molecule has 0 aliphatic rings. The number of aliphatic hydroxyl groups is 1. The van der Waals surface area contributed by atoms with Gasteiger partial charge in [0.05, 0.1) is 6.61 Å². The Balaban J connectivity index is 1.72. The zero-order valence-corrected chi connectivity index (χ0v) is 12.5. The van der Waals surface area contributed by atoms with E-state index in [1.807, 2.05) is 42.5 Å². The van der Waals surface area contributed by atoms with Crippen molar-refractivity contribution in [3.63, 3.8) is 0 Å². The van der Waals surface area contributed by atoms with Gasteiger partial charge >= 0.3 is 0 Å². The number of ether oxygens (including phenoxy) is 1. The maximum absolute atomic E-state index is 12.3. The molecule has 0 bridgehead atoms. The van der Waals surface area contributed by atoms with E-state index in [4.69, 9.17) is 9.84 Å². The van der Waals surface area contributed by atoms with Crippen molar-refractivity contribution in [2.45, 2.75) is 0 Å². The SMILES string of the molecule is O=C(Nc1ccc(OCCO)cc1)c1ccc2ccccc2c1. The molecule has 3 aromatic rings. The predicted molar refractivity (Wildman–Crippen MR) is 90.9 cm³/mol. The molecule has 3 rings (SSSR count). The lowest BCUT2D eigenvalue weighted by Gasteiger charge is -2.08. The number of amides is 1.